The molecule has 1 atom stereocenters. The second-order valence-electron chi connectivity index (χ2n) is 8.25. The van der Waals surface area contributed by atoms with Gasteiger partial charge < -0.3 is 10.1 Å². The van der Waals surface area contributed by atoms with Gasteiger partial charge in [-0.3, -0.25) is 20.1 Å². The normalized spacial score (nSPS) is 14.9. The van der Waals surface area contributed by atoms with Crippen LogP contribution in [0.25, 0.3) is 0 Å². The van der Waals surface area contributed by atoms with E-state index in [4.69, 9.17) is 9.73 Å². The van der Waals surface area contributed by atoms with E-state index in [1.165, 1.54) is 5.56 Å². The van der Waals surface area contributed by atoms with Gasteiger partial charge in [0.1, 0.15) is 11.9 Å². The predicted octanol–water partition coefficient (Wildman–Crippen LogP) is 4.76. The Hall–Kier alpha value is -3.51. The van der Waals surface area contributed by atoms with E-state index in [-0.39, 0.29) is 12.1 Å². The third kappa shape index (κ3) is 5.46. The van der Waals surface area contributed by atoms with Crippen molar-refractivity contribution in [1.29, 1.82) is 0 Å². The van der Waals surface area contributed by atoms with Crippen molar-refractivity contribution in [1.82, 2.24) is 10.3 Å². The lowest BCUT2D eigenvalue weighted by atomic mass is 9.91. The summed E-state index contributed by atoms with van der Waals surface area (Å²) in [6.07, 6.45) is 4.77. The second kappa shape index (κ2) is 10.4. The van der Waals surface area contributed by atoms with Crippen LogP contribution < -0.4 is 15.4 Å². The van der Waals surface area contributed by atoms with E-state index in [9.17, 15) is 4.79 Å². The average Bonchev–Trinajstić information content (AvgIpc) is 2.84. The molecular weight excluding hydrogens is 412 g/mol. The highest BCUT2D eigenvalue weighted by Gasteiger charge is 2.22. The number of aliphatic imine (C=N–C) groups is 1. The van der Waals surface area contributed by atoms with E-state index >= 15 is 0 Å². The highest BCUT2D eigenvalue weighted by Crippen LogP contribution is 2.27. The lowest BCUT2D eigenvalue weighted by molar-refractivity contribution is 0.102. The van der Waals surface area contributed by atoms with Crippen LogP contribution in [0.1, 0.15) is 52.5 Å². The first-order valence-electron chi connectivity index (χ1n) is 11.4. The maximum Gasteiger partial charge on any atom is 0.255 e. The summed E-state index contributed by atoms with van der Waals surface area (Å²) in [4.78, 5) is 21.7. The third-order valence-corrected chi connectivity index (χ3v) is 5.75. The number of unbranched alkanes of at least 4 members (excludes halogenated alkanes) is 1. The molecule has 0 aliphatic carbocycles. The second-order valence-corrected chi connectivity index (χ2v) is 8.25. The standard InChI is InChI=1S/C27H30N4O2/c1-4-5-13-29-25-17-21-16-23(33-3)10-11-24(21)26(31-25)19-6-8-22(9-7-19)30-27(32)20-12-14-28-18(2)15-20/h6-12,14-16,25,29H,4-5,13,17H2,1-3H3,(H,30,32)/t25-/m1/s1. The van der Waals surface area contributed by atoms with Gasteiger partial charge >= 0.3 is 0 Å². The number of carbonyl (C=O) groups is 1. The van der Waals surface area contributed by atoms with Crippen LogP contribution in [-0.4, -0.2) is 36.4 Å². The summed E-state index contributed by atoms with van der Waals surface area (Å²) >= 11 is 0. The summed E-state index contributed by atoms with van der Waals surface area (Å²) < 4.78 is 5.45. The molecule has 6 heteroatoms. The average molecular weight is 443 g/mol. The number of carbonyl (C=O) groups excluding carboxylic acids is 1. The molecule has 4 rings (SSSR count). The lowest BCUT2D eigenvalue weighted by Gasteiger charge is -2.25. The fraction of sp³-hybridized carbons (Fsp3) is 0.296. The van der Waals surface area contributed by atoms with Gasteiger partial charge in [-0.25, -0.2) is 0 Å². The fourth-order valence-corrected chi connectivity index (χ4v) is 3.97. The van der Waals surface area contributed by atoms with Crippen molar-refractivity contribution >= 4 is 17.3 Å². The predicted molar refractivity (Wildman–Crippen MR) is 132 cm³/mol. The topological polar surface area (TPSA) is 75.6 Å². The van der Waals surface area contributed by atoms with Gasteiger partial charge in [-0.2, -0.15) is 0 Å². The molecule has 33 heavy (non-hydrogen) atoms. The van der Waals surface area contributed by atoms with Gasteiger partial charge in [-0.1, -0.05) is 25.5 Å². The molecule has 1 amide bonds. The first kappa shape index (κ1) is 22.7. The fourth-order valence-electron chi connectivity index (χ4n) is 3.97. The van der Waals surface area contributed by atoms with Crippen LogP contribution in [0.15, 0.2) is 65.8 Å². The van der Waals surface area contributed by atoms with Gasteiger partial charge in [-0.15, -0.1) is 0 Å². The number of aryl methyl sites for hydroxylation is 1. The molecule has 0 saturated carbocycles. The minimum Gasteiger partial charge on any atom is -0.497 e. The Kier molecular flexibility index (Phi) is 7.15. The number of hydrogen-bond donors (Lipinski definition) is 2. The van der Waals surface area contributed by atoms with E-state index in [1.807, 2.05) is 37.3 Å². The van der Waals surface area contributed by atoms with Crippen molar-refractivity contribution in [3.05, 3.63) is 88.7 Å². The maximum atomic E-state index is 12.6. The van der Waals surface area contributed by atoms with Gasteiger partial charge in [-0.05, 0) is 67.9 Å². The van der Waals surface area contributed by atoms with Gasteiger partial charge in [0.05, 0.1) is 12.8 Å². The summed E-state index contributed by atoms with van der Waals surface area (Å²) in [5, 5.41) is 6.53. The van der Waals surface area contributed by atoms with Crippen LogP contribution in [0.3, 0.4) is 0 Å². The molecule has 1 aliphatic heterocycles. The van der Waals surface area contributed by atoms with Crippen LogP contribution in [0.4, 0.5) is 5.69 Å². The Morgan fingerprint density at radius 3 is 2.67 bits per heavy atom. The number of nitrogens with one attached hydrogen (secondary N) is 2. The van der Waals surface area contributed by atoms with Crippen molar-refractivity contribution < 1.29 is 9.53 Å². The van der Waals surface area contributed by atoms with Crippen molar-refractivity contribution in [3.63, 3.8) is 0 Å². The molecule has 6 nitrogen and oxygen atoms in total. The summed E-state index contributed by atoms with van der Waals surface area (Å²) in [5.41, 5.74) is 6.45. The van der Waals surface area contributed by atoms with Gasteiger partial charge in [0.25, 0.3) is 5.91 Å². The highest BCUT2D eigenvalue weighted by molar-refractivity contribution is 6.14. The Labute approximate surface area is 195 Å². The molecule has 2 heterocycles. The summed E-state index contributed by atoms with van der Waals surface area (Å²) in [6, 6.07) is 17.5. The van der Waals surface area contributed by atoms with Gasteiger partial charge in [0.2, 0.25) is 0 Å². The molecule has 3 aromatic rings. The molecule has 2 N–H and O–H groups in total. The Morgan fingerprint density at radius 1 is 1.12 bits per heavy atom. The summed E-state index contributed by atoms with van der Waals surface area (Å²) in [5.74, 6) is 0.701. The zero-order valence-electron chi connectivity index (χ0n) is 19.4. The van der Waals surface area contributed by atoms with Crippen molar-refractivity contribution in [2.45, 2.75) is 39.3 Å². The van der Waals surface area contributed by atoms with Crippen molar-refractivity contribution in [2.75, 3.05) is 19.0 Å². The monoisotopic (exact) mass is 442 g/mol. The van der Waals surface area contributed by atoms with Crippen molar-refractivity contribution in [2.24, 2.45) is 4.99 Å². The third-order valence-electron chi connectivity index (χ3n) is 5.75. The number of fused-ring (bicyclic) bond motifs is 1. The number of ether oxygens (including phenoxy) is 1. The molecule has 1 aromatic heterocycles. The molecule has 0 saturated heterocycles. The molecule has 2 aromatic carbocycles. The van der Waals surface area contributed by atoms with E-state index in [0.717, 1.165) is 59.8 Å². The molecule has 0 fully saturated rings. The summed E-state index contributed by atoms with van der Waals surface area (Å²) in [7, 11) is 1.69. The van der Waals surface area contributed by atoms with Crippen LogP contribution in [0.2, 0.25) is 0 Å². The van der Waals surface area contributed by atoms with E-state index < -0.39 is 0 Å². The number of pyridine rings is 1. The van der Waals surface area contributed by atoms with Crippen LogP contribution in [0, 0.1) is 6.92 Å². The largest absolute Gasteiger partial charge is 0.497 e. The quantitative estimate of drug-likeness (QED) is 0.493. The van der Waals surface area contributed by atoms with E-state index in [0.29, 0.717) is 5.56 Å². The molecule has 0 unspecified atom stereocenters. The molecule has 0 radical (unpaired) electrons. The minimum atomic E-state index is -0.152. The number of nitrogens with zero attached hydrogens (tertiary/aromatic N) is 2. The zero-order valence-corrected chi connectivity index (χ0v) is 19.4. The van der Waals surface area contributed by atoms with Gasteiger partial charge in [0, 0.05) is 40.7 Å². The highest BCUT2D eigenvalue weighted by atomic mass is 16.5. The first-order valence-corrected chi connectivity index (χ1v) is 11.4. The SMILES string of the molecule is CCCCN[C@H]1Cc2cc(OC)ccc2C(c2ccc(NC(=O)c3ccnc(C)c3)cc2)=N1. The number of amides is 1. The molecule has 0 bridgehead atoms. The lowest BCUT2D eigenvalue weighted by Crippen LogP contribution is -2.35. The molecule has 170 valence electrons. The Morgan fingerprint density at radius 2 is 1.94 bits per heavy atom. The van der Waals surface area contributed by atoms with Crippen LogP contribution in [-0.2, 0) is 6.42 Å². The smallest absolute Gasteiger partial charge is 0.255 e. The number of anilines is 1. The number of aromatic nitrogens is 1. The Balaban J connectivity index is 1.57. The Bertz CT molecular complexity index is 1160. The minimum absolute atomic E-state index is 0.0282. The molecular formula is C27H30N4O2. The number of methoxy groups -OCH3 is 1. The first-order chi connectivity index (χ1) is 16.1. The van der Waals surface area contributed by atoms with E-state index in [2.05, 4.69) is 34.7 Å². The van der Waals surface area contributed by atoms with Gasteiger partial charge in [0.15, 0.2) is 0 Å². The number of rotatable bonds is 8. The number of benzene rings is 2. The van der Waals surface area contributed by atoms with Crippen molar-refractivity contribution in [3.8, 4) is 5.75 Å². The van der Waals surface area contributed by atoms with Crippen LogP contribution in [0.5, 0.6) is 5.75 Å². The molecule has 0 spiro atoms. The maximum absolute atomic E-state index is 12.6. The van der Waals surface area contributed by atoms with Crippen LogP contribution >= 0.6 is 0 Å². The zero-order chi connectivity index (χ0) is 23.2. The summed E-state index contributed by atoms with van der Waals surface area (Å²) in [6.45, 7) is 5.00. The number of hydrogen-bond acceptors (Lipinski definition) is 5. The van der Waals surface area contributed by atoms with E-state index in [1.54, 1.807) is 25.4 Å². The molecule has 1 aliphatic rings.